The van der Waals surface area contributed by atoms with E-state index >= 15 is 0 Å². The summed E-state index contributed by atoms with van der Waals surface area (Å²) < 4.78 is 0. The molecule has 2 heteroatoms. The van der Waals surface area contributed by atoms with Crippen molar-refractivity contribution in [2.75, 3.05) is 0 Å². The average Bonchev–Trinajstić information content (AvgIpc) is 2.37. The number of benzene rings is 1. The van der Waals surface area contributed by atoms with Gasteiger partial charge in [-0.25, -0.2) is 0 Å². The van der Waals surface area contributed by atoms with Gasteiger partial charge in [-0.1, -0.05) is 25.3 Å². The van der Waals surface area contributed by atoms with Crippen molar-refractivity contribution in [3.8, 4) is 0 Å². The predicted octanol–water partition coefficient (Wildman–Crippen LogP) is 4.04. The molecule has 0 saturated heterocycles. The number of aryl methyl sites for hydroxylation is 2. The summed E-state index contributed by atoms with van der Waals surface area (Å²) in [5.41, 5.74) is 6.82. The van der Waals surface area contributed by atoms with Crippen LogP contribution in [0.5, 0.6) is 0 Å². The zero-order chi connectivity index (χ0) is 14.0. The highest BCUT2D eigenvalue weighted by atomic mass is 31.1. The maximum atomic E-state index is 12.6. The van der Waals surface area contributed by atoms with Gasteiger partial charge >= 0.3 is 0 Å². The molecule has 2 rings (SSSR count). The Labute approximate surface area is 118 Å². The summed E-state index contributed by atoms with van der Waals surface area (Å²) in [7, 11) is 1.03. The Morgan fingerprint density at radius 3 is 2.26 bits per heavy atom. The maximum absolute atomic E-state index is 12.6. The van der Waals surface area contributed by atoms with Gasteiger partial charge in [0.1, 0.15) is 0 Å². The highest BCUT2D eigenvalue weighted by molar-refractivity contribution is 7.41. The molecule has 1 nitrogen and oxygen atoms in total. The van der Waals surface area contributed by atoms with Crippen LogP contribution in [-0.4, -0.2) is 11.1 Å². The van der Waals surface area contributed by atoms with Crippen molar-refractivity contribution in [1.29, 1.82) is 0 Å². The second-order valence-electron chi connectivity index (χ2n) is 5.86. The summed E-state index contributed by atoms with van der Waals surface area (Å²) in [6, 6.07) is 2.16. The van der Waals surface area contributed by atoms with Gasteiger partial charge in [0, 0.05) is 0 Å². The molecule has 0 bridgehead atoms. The molecule has 1 fully saturated rings. The van der Waals surface area contributed by atoms with Crippen LogP contribution in [0.15, 0.2) is 6.07 Å². The van der Waals surface area contributed by atoms with E-state index in [1.54, 1.807) is 0 Å². The van der Waals surface area contributed by atoms with Crippen LogP contribution in [-0.2, 0) is 0 Å². The van der Waals surface area contributed by atoms with E-state index in [9.17, 15) is 5.11 Å². The van der Waals surface area contributed by atoms with E-state index in [-0.39, 0.29) is 0 Å². The van der Waals surface area contributed by atoms with Crippen molar-refractivity contribution in [2.24, 2.45) is 0 Å². The van der Waals surface area contributed by atoms with Crippen molar-refractivity contribution in [3.63, 3.8) is 0 Å². The van der Waals surface area contributed by atoms with Crippen LogP contribution >= 0.6 is 8.20 Å². The standard InChI is InChI=1S/C17H25OP/c1-11-10-12(2)16(14(4)13(11)3)17(18)19-15-8-6-5-7-9-15/h10,15,18H,5-9H2,1-4H3/p-1. The third kappa shape index (κ3) is 3.27. The molecule has 1 aromatic carbocycles. The Morgan fingerprint density at radius 1 is 1.00 bits per heavy atom. The molecule has 0 amide bonds. The van der Waals surface area contributed by atoms with Gasteiger partial charge in [-0.2, -0.15) is 0 Å². The topological polar surface area (TPSA) is 23.1 Å². The first-order valence-electron chi connectivity index (χ1n) is 7.33. The molecule has 0 spiro atoms. The van der Waals surface area contributed by atoms with Crippen molar-refractivity contribution < 1.29 is 5.11 Å². The van der Waals surface area contributed by atoms with Crippen LogP contribution in [0, 0.1) is 27.7 Å². The Hall–Kier alpha value is -0.650. The zero-order valence-corrected chi connectivity index (χ0v) is 13.4. The molecule has 104 valence electrons. The molecule has 0 unspecified atom stereocenters. The molecule has 1 aromatic rings. The minimum atomic E-state index is 0.338. The third-order valence-corrected chi connectivity index (χ3v) is 5.78. The lowest BCUT2D eigenvalue weighted by Gasteiger charge is -2.25. The molecule has 19 heavy (non-hydrogen) atoms. The average molecular weight is 275 g/mol. The van der Waals surface area contributed by atoms with Crippen LogP contribution < -0.4 is 5.11 Å². The van der Waals surface area contributed by atoms with Gasteiger partial charge in [-0.15, -0.1) is 13.7 Å². The summed E-state index contributed by atoms with van der Waals surface area (Å²) in [5.74, 6) is 0. The van der Waals surface area contributed by atoms with Crippen molar-refractivity contribution in [2.45, 2.75) is 65.5 Å². The normalized spacial score (nSPS) is 17.8. The lowest BCUT2D eigenvalue weighted by molar-refractivity contribution is -0.207. The molecule has 0 aliphatic heterocycles. The van der Waals surface area contributed by atoms with E-state index in [2.05, 4.69) is 33.8 Å². The Bertz CT molecular complexity index is 496. The van der Waals surface area contributed by atoms with E-state index in [0.29, 0.717) is 11.1 Å². The van der Waals surface area contributed by atoms with Crippen LogP contribution in [0.1, 0.15) is 59.9 Å². The van der Waals surface area contributed by atoms with Crippen LogP contribution in [0.4, 0.5) is 0 Å². The summed E-state index contributed by atoms with van der Waals surface area (Å²) >= 11 is 0. The lowest BCUT2D eigenvalue weighted by Crippen LogP contribution is -2.22. The largest absolute Gasteiger partial charge is 0.824 e. The fraction of sp³-hybridized carbons (Fsp3) is 0.588. The van der Waals surface area contributed by atoms with Gasteiger partial charge < -0.3 is 5.11 Å². The lowest BCUT2D eigenvalue weighted by atomic mass is 9.95. The Morgan fingerprint density at radius 2 is 1.63 bits per heavy atom. The summed E-state index contributed by atoms with van der Waals surface area (Å²) in [6.45, 7) is 8.42. The van der Waals surface area contributed by atoms with Crippen LogP contribution in [0.3, 0.4) is 0 Å². The summed E-state index contributed by atoms with van der Waals surface area (Å²) in [5, 5.41) is 12.6. The number of rotatable bonds is 2. The highest BCUT2D eigenvalue weighted by Crippen LogP contribution is 2.30. The Kier molecular flexibility index (Phi) is 4.81. The fourth-order valence-electron chi connectivity index (χ4n) is 3.05. The number of hydrogen-bond acceptors (Lipinski definition) is 1. The summed E-state index contributed by atoms with van der Waals surface area (Å²) in [6.07, 6.45) is 6.42. The zero-order valence-electron chi connectivity index (χ0n) is 12.5. The molecular weight excluding hydrogens is 251 g/mol. The van der Waals surface area contributed by atoms with E-state index < -0.39 is 0 Å². The molecule has 0 radical (unpaired) electrons. The molecule has 0 aromatic heterocycles. The number of hydrogen-bond donors (Lipinski definition) is 0. The first kappa shape index (κ1) is 14.8. The molecule has 0 atom stereocenters. The molecule has 1 saturated carbocycles. The van der Waals surface area contributed by atoms with Gasteiger partial charge in [0.15, 0.2) is 0 Å². The van der Waals surface area contributed by atoms with Gasteiger partial charge in [0.2, 0.25) is 0 Å². The quantitative estimate of drug-likeness (QED) is 0.747. The fourth-order valence-corrected chi connectivity index (χ4v) is 4.48. The van der Waals surface area contributed by atoms with E-state index in [0.717, 1.165) is 19.3 Å². The predicted molar refractivity (Wildman–Crippen MR) is 83.3 cm³/mol. The second kappa shape index (κ2) is 6.20. The summed E-state index contributed by atoms with van der Waals surface area (Å²) in [4.78, 5) is 0. The smallest absolute Gasteiger partial charge is 0.0000723 e. The van der Waals surface area contributed by atoms with E-state index in [4.69, 9.17) is 0 Å². The monoisotopic (exact) mass is 275 g/mol. The first-order chi connectivity index (χ1) is 9.00. The van der Waals surface area contributed by atoms with Gasteiger partial charge in [-0.05, 0) is 74.0 Å². The second-order valence-corrected chi connectivity index (χ2v) is 7.26. The van der Waals surface area contributed by atoms with E-state index in [1.165, 1.54) is 48.8 Å². The minimum Gasteiger partial charge on any atom is -0.824 e. The SMILES string of the molecule is Cc1cc(C)c(C([O-])=PC2CCCCC2)c(C)c1C. The van der Waals surface area contributed by atoms with Crippen LogP contribution in [0.25, 0.3) is 0 Å². The maximum Gasteiger partial charge on any atom is -0.0000723 e. The van der Waals surface area contributed by atoms with Gasteiger partial charge in [0.05, 0.1) is 0 Å². The van der Waals surface area contributed by atoms with E-state index in [1.807, 2.05) is 0 Å². The molecule has 1 aliphatic carbocycles. The van der Waals surface area contributed by atoms with Crippen molar-refractivity contribution >= 4 is 13.7 Å². The molecule has 0 heterocycles. The third-order valence-electron chi connectivity index (χ3n) is 4.44. The van der Waals surface area contributed by atoms with Crippen molar-refractivity contribution in [3.05, 3.63) is 33.9 Å². The first-order valence-corrected chi connectivity index (χ1v) is 8.29. The van der Waals surface area contributed by atoms with Gasteiger partial charge in [0.25, 0.3) is 0 Å². The molecule has 1 aliphatic rings. The van der Waals surface area contributed by atoms with Gasteiger partial charge in [-0.3, -0.25) is 0 Å². The highest BCUT2D eigenvalue weighted by Gasteiger charge is 2.12. The Balaban J connectivity index is 2.35. The molecule has 0 N–H and O–H groups in total. The molecular formula is C17H24OP-. The van der Waals surface area contributed by atoms with Crippen molar-refractivity contribution in [1.82, 2.24) is 0 Å². The van der Waals surface area contributed by atoms with Crippen LogP contribution in [0.2, 0.25) is 0 Å². The minimum absolute atomic E-state index is 0.338.